The molecule has 0 aromatic heterocycles. The molecule has 1 heterocycles. The molecule has 53 heavy (non-hydrogen) atoms. The number of rotatable bonds is 15. The predicted octanol–water partition coefficient (Wildman–Crippen LogP) is 5.22. The summed E-state index contributed by atoms with van der Waals surface area (Å²) in [5.74, 6) is -0.296. The van der Waals surface area contributed by atoms with Crippen LogP contribution in [-0.4, -0.2) is 77.0 Å². The number of Topliss-reactive ketones (excluding diaryl/α,β-unsaturated/α-hetero) is 2. The number of nitrogens with zero attached hydrogens (tertiary/aromatic N) is 1. The minimum Gasteiger partial charge on any atom is -0.349 e. The first kappa shape index (κ1) is 39.5. The number of fused-ring (bicyclic) bond motifs is 1. The molecule has 5 atom stereocenters. The third kappa shape index (κ3) is 8.85. The van der Waals surface area contributed by atoms with E-state index in [0.717, 1.165) is 51.4 Å². The second-order valence-electron chi connectivity index (χ2n) is 19.6. The topological polar surface area (TPSA) is 154 Å². The fourth-order valence-electron chi connectivity index (χ4n) is 11.6. The number of amides is 5. The van der Waals surface area contributed by atoms with E-state index in [9.17, 15) is 28.8 Å². The van der Waals surface area contributed by atoms with Gasteiger partial charge in [-0.2, -0.15) is 0 Å². The molecule has 0 radical (unpaired) electrons. The SMILES string of the molecule is C=CCCC(NC(=O)[C@@H]1[C@@H]2[C@H](CN1C(=O)[C@@H](NC(=O)NC13CC4CC(CC(C4)C1)C3)C1CCCCC1)C2(C)C)C(=O)C(=O)NCCC(=O)CC(C)(C)C. The number of carbonyl (C=O) groups is 6. The van der Waals surface area contributed by atoms with E-state index >= 15 is 0 Å². The van der Waals surface area contributed by atoms with Crippen molar-refractivity contribution in [3.05, 3.63) is 12.7 Å². The van der Waals surface area contributed by atoms with Crippen molar-refractivity contribution in [3.8, 4) is 0 Å². The standard InChI is InChI=1S/C42H65N5O6/c1-7-8-14-31(35(49)37(51)43-16-15-29(48)23-40(2,3)4)44-36(50)34-32-30(41(32,5)6)24-47(34)38(52)33(28-12-10-9-11-13-28)45-39(53)46-42-20-25-17-26(21-42)19-27(18-25)22-42/h7,25-28,30-34H,1,8-24H2,2-6H3,(H,43,51)(H,44,50)(H2,45,46,53)/t25?,26?,27?,30-,31?,32-,33-,34-,42?/m0/s1. The van der Waals surface area contributed by atoms with Crippen molar-refractivity contribution < 1.29 is 28.8 Å². The van der Waals surface area contributed by atoms with Crippen LogP contribution in [0.3, 0.4) is 0 Å². The maximum Gasteiger partial charge on any atom is 0.315 e. The highest BCUT2D eigenvalue weighted by atomic mass is 16.2. The molecule has 4 bridgehead atoms. The summed E-state index contributed by atoms with van der Waals surface area (Å²) in [6.07, 6.45) is 14.3. The van der Waals surface area contributed by atoms with Crippen LogP contribution >= 0.6 is 0 Å². The molecule has 11 heteroatoms. The second kappa shape index (κ2) is 15.5. The van der Waals surface area contributed by atoms with Crippen LogP contribution in [0.15, 0.2) is 12.7 Å². The fourth-order valence-corrected chi connectivity index (χ4v) is 11.6. The zero-order valence-electron chi connectivity index (χ0n) is 32.9. The van der Waals surface area contributed by atoms with Crippen LogP contribution in [-0.2, 0) is 24.0 Å². The van der Waals surface area contributed by atoms with Crippen LogP contribution in [0.25, 0.3) is 0 Å². The van der Waals surface area contributed by atoms with Gasteiger partial charge in [-0.05, 0) is 111 Å². The molecule has 7 fully saturated rings. The lowest BCUT2D eigenvalue weighted by Crippen LogP contribution is -2.64. The van der Waals surface area contributed by atoms with Gasteiger partial charge < -0.3 is 26.2 Å². The molecule has 0 aromatic carbocycles. The third-order valence-corrected chi connectivity index (χ3v) is 13.8. The number of allylic oxidation sites excluding steroid dienone is 1. The molecule has 7 aliphatic rings. The van der Waals surface area contributed by atoms with E-state index in [1.165, 1.54) is 19.3 Å². The summed E-state index contributed by atoms with van der Waals surface area (Å²) < 4.78 is 0. The lowest BCUT2D eigenvalue weighted by Gasteiger charge is -2.56. The number of hydrogen-bond acceptors (Lipinski definition) is 6. The van der Waals surface area contributed by atoms with Crippen molar-refractivity contribution in [2.24, 2.45) is 46.3 Å². The third-order valence-electron chi connectivity index (χ3n) is 13.8. The maximum atomic E-state index is 14.7. The highest BCUT2D eigenvalue weighted by Gasteiger charge is 2.70. The van der Waals surface area contributed by atoms with E-state index in [1.54, 1.807) is 11.0 Å². The molecule has 5 amide bonds. The summed E-state index contributed by atoms with van der Waals surface area (Å²) in [7, 11) is 0. The van der Waals surface area contributed by atoms with Crippen LogP contribution in [0.2, 0.25) is 0 Å². The largest absolute Gasteiger partial charge is 0.349 e. The Bertz CT molecular complexity index is 1420. The van der Waals surface area contributed by atoms with E-state index in [0.29, 0.717) is 37.1 Å². The Balaban J connectivity index is 1.14. The van der Waals surface area contributed by atoms with Gasteiger partial charge in [0.05, 0.1) is 6.04 Å². The van der Waals surface area contributed by atoms with Crippen LogP contribution in [0.1, 0.15) is 131 Å². The number of nitrogens with one attached hydrogen (secondary N) is 4. The first-order valence-electron chi connectivity index (χ1n) is 20.6. The van der Waals surface area contributed by atoms with E-state index in [4.69, 9.17) is 0 Å². The predicted molar refractivity (Wildman–Crippen MR) is 202 cm³/mol. The van der Waals surface area contributed by atoms with E-state index in [1.807, 2.05) is 20.8 Å². The number of ketones is 2. The molecule has 0 aromatic rings. The van der Waals surface area contributed by atoms with E-state index in [2.05, 4.69) is 41.7 Å². The average Bonchev–Trinajstić information content (AvgIpc) is 3.38. The van der Waals surface area contributed by atoms with Gasteiger partial charge in [0, 0.05) is 31.5 Å². The molecule has 4 N–H and O–H groups in total. The molecule has 294 valence electrons. The number of carbonyl (C=O) groups excluding carboxylic acids is 6. The van der Waals surface area contributed by atoms with Crippen LogP contribution in [0.4, 0.5) is 4.79 Å². The number of likely N-dealkylation sites (tertiary alicyclic amines) is 1. The van der Waals surface area contributed by atoms with Gasteiger partial charge in [0.15, 0.2) is 0 Å². The molecule has 0 spiro atoms. The van der Waals surface area contributed by atoms with Crippen LogP contribution in [0.5, 0.6) is 0 Å². The summed E-state index contributed by atoms with van der Waals surface area (Å²) >= 11 is 0. The molecule has 1 aliphatic heterocycles. The maximum absolute atomic E-state index is 14.7. The molecule has 7 rings (SSSR count). The minimum absolute atomic E-state index is 0.000558. The van der Waals surface area contributed by atoms with Gasteiger partial charge in [-0.3, -0.25) is 24.0 Å². The number of hydrogen-bond donors (Lipinski definition) is 4. The normalized spacial score (nSPS) is 32.2. The Labute approximate surface area is 316 Å². The summed E-state index contributed by atoms with van der Waals surface area (Å²) in [5.41, 5.74) is -0.531. The molecular formula is C42H65N5O6. The van der Waals surface area contributed by atoms with Gasteiger partial charge in [-0.25, -0.2) is 4.79 Å². The highest BCUT2D eigenvalue weighted by Crippen LogP contribution is 2.65. The van der Waals surface area contributed by atoms with Crippen molar-refractivity contribution in [1.82, 2.24) is 26.2 Å². The molecule has 11 nitrogen and oxygen atoms in total. The van der Waals surface area contributed by atoms with Crippen LogP contribution in [0, 0.1) is 46.3 Å². The number of urea groups is 1. The summed E-state index contributed by atoms with van der Waals surface area (Å²) in [6.45, 7) is 14.3. The minimum atomic E-state index is -1.11. The second-order valence-corrected chi connectivity index (χ2v) is 19.6. The monoisotopic (exact) mass is 735 g/mol. The average molecular weight is 736 g/mol. The highest BCUT2D eigenvalue weighted by molar-refractivity contribution is 6.38. The number of piperidine rings is 1. The Hall–Kier alpha value is -3.24. The summed E-state index contributed by atoms with van der Waals surface area (Å²) in [6, 6.07) is -2.95. The Morgan fingerprint density at radius 2 is 1.53 bits per heavy atom. The zero-order valence-corrected chi connectivity index (χ0v) is 32.9. The quantitative estimate of drug-likeness (QED) is 0.134. The zero-order chi connectivity index (χ0) is 38.3. The van der Waals surface area contributed by atoms with Gasteiger partial charge in [0.25, 0.3) is 5.91 Å². The molecule has 1 unspecified atom stereocenters. The first-order valence-corrected chi connectivity index (χ1v) is 20.6. The Kier molecular flexibility index (Phi) is 11.5. The van der Waals surface area contributed by atoms with Gasteiger partial charge >= 0.3 is 6.03 Å². The molecular weight excluding hydrogens is 670 g/mol. The molecule has 1 saturated heterocycles. The lowest BCUT2D eigenvalue weighted by atomic mass is 9.53. The van der Waals surface area contributed by atoms with Crippen molar-refractivity contribution >= 4 is 35.3 Å². The summed E-state index contributed by atoms with van der Waals surface area (Å²) in [5, 5.41) is 12.0. The van der Waals surface area contributed by atoms with Gasteiger partial charge in [-0.1, -0.05) is 60.0 Å². The van der Waals surface area contributed by atoms with Gasteiger partial charge in [0.1, 0.15) is 17.9 Å². The lowest BCUT2D eigenvalue weighted by molar-refractivity contribution is -0.145. The van der Waals surface area contributed by atoms with Crippen molar-refractivity contribution in [3.63, 3.8) is 0 Å². The first-order chi connectivity index (χ1) is 25.0. The smallest absolute Gasteiger partial charge is 0.315 e. The molecule has 6 aliphatic carbocycles. The Morgan fingerprint density at radius 3 is 2.11 bits per heavy atom. The van der Waals surface area contributed by atoms with Crippen molar-refractivity contribution in [2.45, 2.75) is 155 Å². The van der Waals surface area contributed by atoms with E-state index < -0.39 is 35.7 Å². The van der Waals surface area contributed by atoms with Crippen LogP contribution < -0.4 is 21.3 Å². The molecule has 6 saturated carbocycles. The Morgan fingerprint density at radius 1 is 0.906 bits per heavy atom. The summed E-state index contributed by atoms with van der Waals surface area (Å²) in [4.78, 5) is 83.4. The van der Waals surface area contributed by atoms with Gasteiger partial charge in [0.2, 0.25) is 17.6 Å². The van der Waals surface area contributed by atoms with Crippen molar-refractivity contribution in [2.75, 3.05) is 13.1 Å². The van der Waals surface area contributed by atoms with E-state index in [-0.39, 0.29) is 71.2 Å². The van der Waals surface area contributed by atoms with Gasteiger partial charge in [-0.15, -0.1) is 6.58 Å². The fraction of sp³-hybridized carbons (Fsp3) is 0.810. The van der Waals surface area contributed by atoms with Crippen molar-refractivity contribution in [1.29, 1.82) is 0 Å².